The van der Waals surface area contributed by atoms with Crippen molar-refractivity contribution in [3.05, 3.63) is 70.2 Å². The largest absolute Gasteiger partial charge is 0.451 e. The van der Waals surface area contributed by atoms with E-state index in [-0.39, 0.29) is 12.5 Å². The van der Waals surface area contributed by atoms with E-state index >= 15 is 0 Å². The molecule has 0 atom stereocenters. The predicted molar refractivity (Wildman–Crippen MR) is 107 cm³/mol. The summed E-state index contributed by atoms with van der Waals surface area (Å²) in [5.41, 5.74) is 2.04. The van der Waals surface area contributed by atoms with Gasteiger partial charge in [0.2, 0.25) is 0 Å². The minimum absolute atomic E-state index is 0.304. The van der Waals surface area contributed by atoms with Crippen LogP contribution in [-0.2, 0) is 16.0 Å². The lowest BCUT2D eigenvalue weighted by atomic mass is 10.2. The zero-order valence-electron chi connectivity index (χ0n) is 15.3. The number of benzene rings is 1. The Morgan fingerprint density at radius 2 is 2.00 bits per heavy atom. The van der Waals surface area contributed by atoms with Crippen LogP contribution in [0.15, 0.2) is 53.9 Å². The number of thiophene rings is 1. The molecule has 4 rings (SSSR count). The van der Waals surface area contributed by atoms with Crippen LogP contribution >= 0.6 is 11.3 Å². The van der Waals surface area contributed by atoms with Crippen molar-refractivity contribution in [2.24, 2.45) is 0 Å². The second-order valence-corrected chi connectivity index (χ2v) is 7.76. The third-order valence-electron chi connectivity index (χ3n) is 4.54. The van der Waals surface area contributed by atoms with Crippen molar-refractivity contribution < 1.29 is 14.3 Å². The summed E-state index contributed by atoms with van der Waals surface area (Å²) < 4.78 is 6.85. The van der Waals surface area contributed by atoms with Gasteiger partial charge in [-0.15, -0.1) is 11.3 Å². The van der Waals surface area contributed by atoms with Gasteiger partial charge in [-0.05, 0) is 48.9 Å². The summed E-state index contributed by atoms with van der Waals surface area (Å²) in [6, 6.07) is 15.3. The first-order chi connectivity index (χ1) is 13.7. The summed E-state index contributed by atoms with van der Waals surface area (Å²) in [5.74, 6) is -0.438. The van der Waals surface area contributed by atoms with Crippen LogP contribution in [0.3, 0.4) is 0 Å². The molecule has 0 unspecified atom stereocenters. The number of carbonyl (C=O) groups is 2. The van der Waals surface area contributed by atoms with Crippen LogP contribution < -0.4 is 5.32 Å². The molecule has 6 nitrogen and oxygen atoms in total. The molecule has 7 heteroatoms. The number of amides is 1. The lowest BCUT2D eigenvalue weighted by Gasteiger charge is -2.08. The number of carbonyl (C=O) groups excluding carboxylic acids is 2. The summed E-state index contributed by atoms with van der Waals surface area (Å²) in [6.45, 7) is 0.215. The van der Waals surface area contributed by atoms with Crippen LogP contribution in [0.25, 0.3) is 5.69 Å². The van der Waals surface area contributed by atoms with Gasteiger partial charge in [0.1, 0.15) is 0 Å². The smallest absolute Gasteiger partial charge is 0.357 e. The van der Waals surface area contributed by atoms with Crippen molar-refractivity contribution in [3.63, 3.8) is 0 Å². The molecule has 2 aromatic heterocycles. The Hall–Kier alpha value is -2.93. The minimum Gasteiger partial charge on any atom is -0.451 e. The number of aromatic nitrogens is 2. The standard InChI is InChI=1S/C21H21N3O3S/c25-20(22-11-10-17-7-4-12-28-17)14-27-21(26)19-13-18(15-8-9-15)23-24(19)16-5-2-1-3-6-16/h1-7,12-13,15H,8-11,14H2,(H,22,25). The second-order valence-electron chi connectivity index (χ2n) is 6.73. The molecule has 2 heterocycles. The number of nitrogens with one attached hydrogen (secondary N) is 1. The van der Waals surface area contributed by atoms with Crippen LogP contribution in [0.4, 0.5) is 0 Å². The molecule has 3 aromatic rings. The Labute approximate surface area is 167 Å². The Kier molecular flexibility index (Phi) is 5.53. The molecule has 1 aliphatic rings. The number of ether oxygens (including phenoxy) is 1. The molecule has 0 spiro atoms. The van der Waals surface area contributed by atoms with Gasteiger partial charge in [0.05, 0.1) is 11.4 Å². The number of hydrogen-bond acceptors (Lipinski definition) is 5. The van der Waals surface area contributed by atoms with E-state index in [1.807, 2.05) is 47.8 Å². The molecule has 1 aliphatic carbocycles. The van der Waals surface area contributed by atoms with Crippen LogP contribution in [0.1, 0.15) is 39.8 Å². The fraction of sp³-hybridized carbons (Fsp3) is 0.286. The maximum atomic E-state index is 12.6. The lowest BCUT2D eigenvalue weighted by molar-refractivity contribution is -0.124. The molecule has 0 aliphatic heterocycles. The summed E-state index contributed by atoms with van der Waals surface area (Å²) in [5, 5.41) is 9.37. The molecule has 1 fully saturated rings. The molecule has 1 N–H and O–H groups in total. The quantitative estimate of drug-likeness (QED) is 0.594. The van der Waals surface area contributed by atoms with Gasteiger partial charge in [-0.2, -0.15) is 5.10 Å². The zero-order chi connectivity index (χ0) is 19.3. The number of esters is 1. The highest BCUT2D eigenvalue weighted by atomic mass is 32.1. The maximum Gasteiger partial charge on any atom is 0.357 e. The van der Waals surface area contributed by atoms with E-state index in [0.29, 0.717) is 18.2 Å². The summed E-state index contributed by atoms with van der Waals surface area (Å²) in [4.78, 5) is 25.8. The van der Waals surface area contributed by atoms with E-state index in [1.165, 1.54) is 4.88 Å². The molecule has 1 aromatic carbocycles. The molecular formula is C21H21N3O3S. The number of hydrogen-bond donors (Lipinski definition) is 1. The Bertz CT molecular complexity index is 947. The van der Waals surface area contributed by atoms with Crippen molar-refractivity contribution in [3.8, 4) is 5.69 Å². The highest BCUT2D eigenvalue weighted by molar-refractivity contribution is 7.09. The molecule has 144 valence electrons. The molecule has 0 saturated heterocycles. The molecule has 1 saturated carbocycles. The zero-order valence-corrected chi connectivity index (χ0v) is 16.2. The van der Waals surface area contributed by atoms with Crippen molar-refractivity contribution >= 4 is 23.2 Å². The molecule has 0 radical (unpaired) electrons. The van der Waals surface area contributed by atoms with Gasteiger partial charge in [-0.1, -0.05) is 24.3 Å². The first kappa shape index (κ1) is 18.4. The van der Waals surface area contributed by atoms with Crippen LogP contribution in [-0.4, -0.2) is 34.8 Å². The Morgan fingerprint density at radius 3 is 2.71 bits per heavy atom. The third kappa shape index (κ3) is 4.48. The van der Waals surface area contributed by atoms with E-state index in [0.717, 1.165) is 30.6 Å². The van der Waals surface area contributed by atoms with Gasteiger partial charge in [0.25, 0.3) is 5.91 Å². The highest BCUT2D eigenvalue weighted by Crippen LogP contribution is 2.39. The van der Waals surface area contributed by atoms with Crippen molar-refractivity contribution in [2.75, 3.05) is 13.2 Å². The molecule has 0 bridgehead atoms. The number of nitrogens with zero attached hydrogens (tertiary/aromatic N) is 2. The first-order valence-electron chi connectivity index (χ1n) is 9.32. The Balaban J connectivity index is 1.36. The topological polar surface area (TPSA) is 73.2 Å². The van der Waals surface area contributed by atoms with Gasteiger partial charge in [-0.25, -0.2) is 9.48 Å². The summed E-state index contributed by atoms with van der Waals surface area (Å²) >= 11 is 1.65. The van der Waals surface area contributed by atoms with Gasteiger partial charge in [0.15, 0.2) is 12.3 Å². The van der Waals surface area contributed by atoms with Crippen LogP contribution in [0.2, 0.25) is 0 Å². The average molecular weight is 395 g/mol. The molecule has 1 amide bonds. The van der Waals surface area contributed by atoms with E-state index in [4.69, 9.17) is 4.74 Å². The monoisotopic (exact) mass is 395 g/mol. The summed E-state index contributed by atoms with van der Waals surface area (Å²) in [7, 11) is 0. The van der Waals surface area contributed by atoms with E-state index < -0.39 is 5.97 Å². The Morgan fingerprint density at radius 1 is 1.18 bits per heavy atom. The van der Waals surface area contributed by atoms with E-state index in [9.17, 15) is 9.59 Å². The van der Waals surface area contributed by atoms with Crippen LogP contribution in [0, 0.1) is 0 Å². The first-order valence-corrected chi connectivity index (χ1v) is 10.2. The fourth-order valence-corrected chi connectivity index (χ4v) is 3.63. The van der Waals surface area contributed by atoms with E-state index in [1.54, 1.807) is 22.1 Å². The van der Waals surface area contributed by atoms with Gasteiger partial charge in [0, 0.05) is 17.3 Å². The normalized spacial score (nSPS) is 13.3. The van der Waals surface area contributed by atoms with Gasteiger partial charge >= 0.3 is 5.97 Å². The number of para-hydroxylation sites is 1. The SMILES string of the molecule is O=C(COC(=O)c1cc(C2CC2)nn1-c1ccccc1)NCCc1cccs1. The third-order valence-corrected chi connectivity index (χ3v) is 5.48. The minimum atomic E-state index is -0.545. The van der Waals surface area contributed by atoms with Crippen molar-refractivity contribution in [1.29, 1.82) is 0 Å². The lowest BCUT2D eigenvalue weighted by Crippen LogP contribution is -2.30. The second kappa shape index (κ2) is 8.39. The van der Waals surface area contributed by atoms with Crippen LogP contribution in [0.5, 0.6) is 0 Å². The summed E-state index contributed by atoms with van der Waals surface area (Å²) in [6.07, 6.45) is 2.95. The van der Waals surface area contributed by atoms with Gasteiger partial charge < -0.3 is 10.1 Å². The number of rotatable bonds is 8. The molecular weight excluding hydrogens is 374 g/mol. The van der Waals surface area contributed by atoms with Crippen molar-refractivity contribution in [1.82, 2.24) is 15.1 Å². The average Bonchev–Trinajstić information content (AvgIpc) is 3.25. The fourth-order valence-electron chi connectivity index (χ4n) is 2.93. The molecule has 28 heavy (non-hydrogen) atoms. The van der Waals surface area contributed by atoms with Gasteiger partial charge in [-0.3, -0.25) is 4.79 Å². The highest BCUT2D eigenvalue weighted by Gasteiger charge is 2.29. The predicted octanol–water partition coefficient (Wildman–Crippen LogP) is 3.33. The maximum absolute atomic E-state index is 12.6. The van der Waals surface area contributed by atoms with Crippen molar-refractivity contribution in [2.45, 2.75) is 25.2 Å². The van der Waals surface area contributed by atoms with E-state index in [2.05, 4.69) is 10.4 Å².